The Hall–Kier alpha value is -0.900. The van der Waals surface area contributed by atoms with E-state index >= 15 is 0 Å². The minimum atomic E-state index is -0.0164. The summed E-state index contributed by atoms with van der Waals surface area (Å²) in [5.41, 5.74) is 6.63. The Bertz CT molecular complexity index is 306. The second-order valence-electron chi connectivity index (χ2n) is 5.17. The maximum Gasteiger partial charge on any atom is 0.0991 e. The maximum absolute atomic E-state index is 5.75. The van der Waals surface area contributed by atoms with Gasteiger partial charge in [0, 0.05) is 12.6 Å². The lowest BCUT2D eigenvalue weighted by molar-refractivity contribution is 0.510. The van der Waals surface area contributed by atoms with E-state index in [-0.39, 0.29) is 6.04 Å². The van der Waals surface area contributed by atoms with Gasteiger partial charge in [-0.15, -0.1) is 5.10 Å². The summed E-state index contributed by atoms with van der Waals surface area (Å²) in [6.45, 7) is 5.16. The zero-order valence-corrected chi connectivity index (χ0v) is 11.9. The Kier molecular flexibility index (Phi) is 7.65. The summed E-state index contributed by atoms with van der Waals surface area (Å²) >= 11 is 0. The number of nitrogens with zero attached hydrogens (tertiary/aromatic N) is 3. The second kappa shape index (κ2) is 9.09. The molecule has 2 N–H and O–H groups in total. The van der Waals surface area contributed by atoms with Gasteiger partial charge in [-0.25, -0.2) is 0 Å². The lowest BCUT2D eigenvalue weighted by Crippen LogP contribution is -2.05. The first-order valence-corrected chi connectivity index (χ1v) is 7.39. The SMILES string of the molecule is CCCCCCCCCCn1cc(C(C)N)nn1. The number of aromatic nitrogens is 3. The zero-order valence-electron chi connectivity index (χ0n) is 11.9. The maximum atomic E-state index is 5.75. The molecule has 1 heterocycles. The molecule has 0 aromatic carbocycles. The Morgan fingerprint density at radius 3 is 2.28 bits per heavy atom. The Morgan fingerprint density at radius 1 is 1.11 bits per heavy atom. The van der Waals surface area contributed by atoms with Crippen LogP contribution in [0.25, 0.3) is 0 Å². The Balaban J connectivity index is 2.00. The summed E-state index contributed by atoms with van der Waals surface area (Å²) in [5.74, 6) is 0. The molecule has 18 heavy (non-hydrogen) atoms. The van der Waals surface area contributed by atoms with Gasteiger partial charge in [-0.1, -0.05) is 57.1 Å². The van der Waals surface area contributed by atoms with E-state index in [1.54, 1.807) is 0 Å². The van der Waals surface area contributed by atoms with Crippen molar-refractivity contribution in [2.75, 3.05) is 0 Å². The van der Waals surface area contributed by atoms with Gasteiger partial charge in [0.1, 0.15) is 0 Å². The van der Waals surface area contributed by atoms with Gasteiger partial charge in [0.15, 0.2) is 0 Å². The highest BCUT2D eigenvalue weighted by molar-refractivity contribution is 4.97. The van der Waals surface area contributed by atoms with Gasteiger partial charge >= 0.3 is 0 Å². The van der Waals surface area contributed by atoms with Crippen LogP contribution >= 0.6 is 0 Å². The molecule has 4 nitrogen and oxygen atoms in total. The largest absolute Gasteiger partial charge is 0.323 e. The van der Waals surface area contributed by atoms with Gasteiger partial charge < -0.3 is 5.73 Å². The second-order valence-corrected chi connectivity index (χ2v) is 5.17. The van der Waals surface area contributed by atoms with Crippen molar-refractivity contribution < 1.29 is 0 Å². The van der Waals surface area contributed by atoms with Crippen LogP contribution in [-0.4, -0.2) is 15.0 Å². The third-order valence-corrected chi connectivity index (χ3v) is 3.26. The topological polar surface area (TPSA) is 56.7 Å². The molecule has 1 atom stereocenters. The van der Waals surface area contributed by atoms with Crippen LogP contribution in [0.4, 0.5) is 0 Å². The minimum absolute atomic E-state index is 0.0164. The highest BCUT2D eigenvalue weighted by atomic mass is 15.4. The van der Waals surface area contributed by atoms with Crippen molar-refractivity contribution in [1.82, 2.24) is 15.0 Å². The molecule has 0 saturated carbocycles. The van der Waals surface area contributed by atoms with Crippen LogP contribution in [-0.2, 0) is 6.54 Å². The molecular weight excluding hydrogens is 224 g/mol. The van der Waals surface area contributed by atoms with Crippen molar-refractivity contribution in [3.63, 3.8) is 0 Å². The van der Waals surface area contributed by atoms with E-state index in [2.05, 4.69) is 17.2 Å². The summed E-state index contributed by atoms with van der Waals surface area (Å²) in [7, 11) is 0. The molecule has 0 saturated heterocycles. The molecule has 104 valence electrons. The molecule has 1 rings (SSSR count). The van der Waals surface area contributed by atoms with E-state index in [1.807, 2.05) is 17.8 Å². The van der Waals surface area contributed by atoms with Gasteiger partial charge in [0.25, 0.3) is 0 Å². The van der Waals surface area contributed by atoms with E-state index < -0.39 is 0 Å². The number of nitrogens with two attached hydrogens (primary N) is 1. The molecule has 0 spiro atoms. The third-order valence-electron chi connectivity index (χ3n) is 3.26. The van der Waals surface area contributed by atoms with Crippen LogP contribution in [0.3, 0.4) is 0 Å². The predicted molar refractivity (Wildman–Crippen MR) is 75.2 cm³/mol. The summed E-state index contributed by atoms with van der Waals surface area (Å²) in [6, 6.07) is -0.0164. The molecule has 0 fully saturated rings. The van der Waals surface area contributed by atoms with Crippen molar-refractivity contribution in [3.8, 4) is 0 Å². The van der Waals surface area contributed by atoms with Gasteiger partial charge in [-0.05, 0) is 13.3 Å². The number of hydrogen-bond acceptors (Lipinski definition) is 3. The molecule has 4 heteroatoms. The van der Waals surface area contributed by atoms with Gasteiger partial charge in [0.05, 0.1) is 11.9 Å². The lowest BCUT2D eigenvalue weighted by atomic mass is 10.1. The van der Waals surface area contributed by atoms with E-state index in [9.17, 15) is 0 Å². The van der Waals surface area contributed by atoms with E-state index in [1.165, 1.54) is 51.4 Å². The van der Waals surface area contributed by atoms with Crippen LogP contribution in [0.2, 0.25) is 0 Å². The number of rotatable bonds is 10. The molecule has 0 aliphatic heterocycles. The van der Waals surface area contributed by atoms with Crippen LogP contribution in [0.5, 0.6) is 0 Å². The molecule has 0 aliphatic carbocycles. The van der Waals surface area contributed by atoms with Gasteiger partial charge in [-0.2, -0.15) is 0 Å². The molecule has 0 amide bonds. The van der Waals surface area contributed by atoms with Crippen molar-refractivity contribution in [2.45, 2.75) is 77.8 Å². The van der Waals surface area contributed by atoms with E-state index in [0.29, 0.717) is 0 Å². The van der Waals surface area contributed by atoms with E-state index in [0.717, 1.165) is 12.2 Å². The molecule has 1 unspecified atom stereocenters. The fraction of sp³-hybridized carbons (Fsp3) is 0.857. The quantitative estimate of drug-likeness (QED) is 0.649. The van der Waals surface area contributed by atoms with Crippen molar-refractivity contribution in [1.29, 1.82) is 0 Å². The van der Waals surface area contributed by atoms with Crippen LogP contribution < -0.4 is 5.73 Å². The predicted octanol–water partition coefficient (Wildman–Crippen LogP) is 3.44. The smallest absolute Gasteiger partial charge is 0.0991 e. The summed E-state index contributed by atoms with van der Waals surface area (Å²) in [5, 5.41) is 8.13. The molecular formula is C14H28N4. The molecule has 1 aromatic rings. The summed E-state index contributed by atoms with van der Waals surface area (Å²) in [4.78, 5) is 0. The van der Waals surface area contributed by atoms with Gasteiger partial charge in [0.2, 0.25) is 0 Å². The minimum Gasteiger partial charge on any atom is -0.323 e. The Labute approximate surface area is 111 Å². The fourth-order valence-electron chi connectivity index (χ4n) is 2.04. The molecule has 0 bridgehead atoms. The number of unbranched alkanes of at least 4 members (excludes halogenated alkanes) is 7. The summed E-state index contributed by atoms with van der Waals surface area (Å²) < 4.78 is 1.91. The first-order valence-electron chi connectivity index (χ1n) is 7.39. The standard InChI is InChI=1S/C14H28N4/c1-3-4-5-6-7-8-9-10-11-18-12-14(13(2)15)16-17-18/h12-13H,3-11,15H2,1-2H3. The van der Waals surface area contributed by atoms with Crippen molar-refractivity contribution in [3.05, 3.63) is 11.9 Å². The van der Waals surface area contributed by atoms with Crippen molar-refractivity contribution in [2.24, 2.45) is 5.73 Å². The molecule has 1 aromatic heterocycles. The van der Waals surface area contributed by atoms with Crippen LogP contribution in [0.15, 0.2) is 6.20 Å². The lowest BCUT2D eigenvalue weighted by Gasteiger charge is -2.02. The normalized spacial score (nSPS) is 12.8. The monoisotopic (exact) mass is 252 g/mol. The third kappa shape index (κ3) is 6.15. The highest BCUT2D eigenvalue weighted by Crippen LogP contribution is 2.09. The first-order chi connectivity index (χ1) is 8.74. The zero-order chi connectivity index (χ0) is 13.2. The van der Waals surface area contributed by atoms with E-state index in [4.69, 9.17) is 5.73 Å². The average molecular weight is 252 g/mol. The van der Waals surface area contributed by atoms with Crippen molar-refractivity contribution >= 4 is 0 Å². The first kappa shape index (κ1) is 15.2. The van der Waals surface area contributed by atoms with Crippen LogP contribution in [0.1, 0.15) is 76.9 Å². The average Bonchev–Trinajstić information content (AvgIpc) is 2.81. The highest BCUT2D eigenvalue weighted by Gasteiger charge is 2.04. The molecule has 0 radical (unpaired) electrons. The number of hydrogen-bond donors (Lipinski definition) is 1. The fourth-order valence-corrected chi connectivity index (χ4v) is 2.04. The van der Waals surface area contributed by atoms with Crippen LogP contribution in [0, 0.1) is 0 Å². The Morgan fingerprint density at radius 2 is 1.72 bits per heavy atom. The summed E-state index contributed by atoms with van der Waals surface area (Å²) in [6.07, 6.45) is 12.7. The number of aryl methyl sites for hydroxylation is 1. The van der Waals surface area contributed by atoms with Gasteiger partial charge in [-0.3, -0.25) is 4.68 Å². The molecule has 0 aliphatic rings.